The molecule has 458 valence electrons. The fourth-order valence-electron chi connectivity index (χ4n) is 10.6. The molecule has 0 bridgehead atoms. The van der Waals surface area contributed by atoms with E-state index in [1.165, 1.54) is 250 Å². The first kappa shape index (κ1) is 76.3. The van der Waals surface area contributed by atoms with Gasteiger partial charge in [0, 0.05) is 6.42 Å². The van der Waals surface area contributed by atoms with Crippen LogP contribution in [0.2, 0.25) is 0 Å². The first-order valence-corrected chi connectivity index (χ1v) is 34.9. The highest BCUT2D eigenvalue weighted by Gasteiger charge is 2.20. The zero-order chi connectivity index (χ0) is 56.9. The molecule has 3 N–H and O–H groups in total. The molecular weight excluding hydrogens is 963 g/mol. The second-order valence-electron chi connectivity index (χ2n) is 23.6. The van der Waals surface area contributed by atoms with E-state index >= 15 is 0 Å². The maximum atomic E-state index is 12.6. The van der Waals surface area contributed by atoms with Crippen molar-refractivity contribution in [1.82, 2.24) is 5.32 Å². The number of amides is 1. The molecule has 0 heterocycles. The molecule has 0 saturated carbocycles. The summed E-state index contributed by atoms with van der Waals surface area (Å²) >= 11 is 0. The monoisotopic (exact) mass is 1100 g/mol. The van der Waals surface area contributed by atoms with Crippen molar-refractivity contribution in [1.29, 1.82) is 0 Å². The molecule has 0 aromatic heterocycles. The highest BCUT2D eigenvalue weighted by molar-refractivity contribution is 5.76. The highest BCUT2D eigenvalue weighted by atomic mass is 16.3. The fourth-order valence-corrected chi connectivity index (χ4v) is 10.6. The lowest BCUT2D eigenvalue weighted by Gasteiger charge is -2.22. The molecule has 2 atom stereocenters. The first-order chi connectivity index (χ1) is 39.2. The number of unbranched alkanes of at least 4 members (excludes halogenated alkanes) is 41. The third-order valence-electron chi connectivity index (χ3n) is 15.9. The Morgan fingerprint density at radius 1 is 0.316 bits per heavy atom. The molecular formula is C75H135NO3. The van der Waals surface area contributed by atoms with Crippen LogP contribution in [0.15, 0.2) is 97.2 Å². The Balaban J connectivity index is 3.47. The van der Waals surface area contributed by atoms with Gasteiger partial charge in [-0.05, 0) is 77.0 Å². The van der Waals surface area contributed by atoms with E-state index in [-0.39, 0.29) is 12.5 Å². The van der Waals surface area contributed by atoms with Crippen LogP contribution in [0, 0.1) is 0 Å². The fraction of sp³-hybridized carbons (Fsp3) is 0.773. The normalized spacial score (nSPS) is 13.3. The topological polar surface area (TPSA) is 69.6 Å². The van der Waals surface area contributed by atoms with Gasteiger partial charge in [0.25, 0.3) is 0 Å². The van der Waals surface area contributed by atoms with E-state index in [2.05, 4.69) is 116 Å². The van der Waals surface area contributed by atoms with E-state index in [1.54, 1.807) is 0 Å². The zero-order valence-corrected chi connectivity index (χ0v) is 52.9. The van der Waals surface area contributed by atoms with E-state index in [0.29, 0.717) is 12.8 Å². The van der Waals surface area contributed by atoms with E-state index in [1.807, 2.05) is 0 Å². The molecule has 0 aliphatic heterocycles. The molecule has 2 unspecified atom stereocenters. The van der Waals surface area contributed by atoms with Crippen molar-refractivity contribution in [2.75, 3.05) is 6.61 Å². The molecule has 0 spiro atoms. The molecule has 4 heteroatoms. The molecule has 0 fully saturated rings. The van der Waals surface area contributed by atoms with Gasteiger partial charge in [-0.15, -0.1) is 0 Å². The van der Waals surface area contributed by atoms with Crippen LogP contribution >= 0.6 is 0 Å². The predicted molar refractivity (Wildman–Crippen MR) is 354 cm³/mol. The average Bonchev–Trinajstić information content (AvgIpc) is 3.45. The summed E-state index contributed by atoms with van der Waals surface area (Å²) in [6.45, 7) is 4.27. The summed E-state index contributed by atoms with van der Waals surface area (Å²) in [7, 11) is 0. The number of carbonyl (C=O) groups excluding carboxylic acids is 1. The van der Waals surface area contributed by atoms with Crippen LogP contribution in [0.4, 0.5) is 0 Å². The summed E-state index contributed by atoms with van der Waals surface area (Å²) < 4.78 is 0. The highest BCUT2D eigenvalue weighted by Crippen LogP contribution is 2.19. The van der Waals surface area contributed by atoms with Gasteiger partial charge in [-0.1, -0.05) is 368 Å². The number of carbonyl (C=O) groups is 1. The average molecular weight is 1100 g/mol. The Hall–Kier alpha value is -2.69. The number of nitrogens with one attached hydrogen (secondary N) is 1. The molecule has 0 saturated heterocycles. The third kappa shape index (κ3) is 66.0. The van der Waals surface area contributed by atoms with Gasteiger partial charge in [-0.3, -0.25) is 4.79 Å². The second-order valence-corrected chi connectivity index (χ2v) is 23.6. The summed E-state index contributed by atoms with van der Waals surface area (Å²) in [5, 5.41) is 23.5. The quantitative estimate of drug-likeness (QED) is 0.0420. The molecule has 1 amide bonds. The SMILES string of the molecule is CC/C=C\C/C=C\C/C=C\C/C=C\C/C=C\C/C=C\C/C=C\C/C=C\CCCCCCCCCCCCCCCCC(=O)NC(CO)C(O)CCCCCCCCCCCCCCCCCCCCCCCCCCCCCC. The van der Waals surface area contributed by atoms with Crippen molar-refractivity contribution in [3.8, 4) is 0 Å². The number of rotatable bonds is 64. The van der Waals surface area contributed by atoms with E-state index in [4.69, 9.17) is 0 Å². The minimum absolute atomic E-state index is 0.0299. The van der Waals surface area contributed by atoms with E-state index in [0.717, 1.165) is 77.0 Å². The van der Waals surface area contributed by atoms with Crippen LogP contribution < -0.4 is 5.32 Å². The summed E-state index contributed by atoms with van der Waals surface area (Å²) in [6.07, 6.45) is 103. The molecule has 79 heavy (non-hydrogen) atoms. The lowest BCUT2D eigenvalue weighted by atomic mass is 10.0. The number of hydrogen-bond acceptors (Lipinski definition) is 3. The second kappa shape index (κ2) is 69.6. The molecule has 0 aromatic carbocycles. The van der Waals surface area contributed by atoms with Gasteiger partial charge in [0.15, 0.2) is 0 Å². The molecule has 0 aromatic rings. The van der Waals surface area contributed by atoms with Gasteiger partial charge >= 0.3 is 0 Å². The van der Waals surface area contributed by atoms with Crippen LogP contribution in [0.25, 0.3) is 0 Å². The summed E-state index contributed by atoms with van der Waals surface area (Å²) in [5.41, 5.74) is 0. The largest absolute Gasteiger partial charge is 0.394 e. The number of allylic oxidation sites excluding steroid dienone is 16. The minimum Gasteiger partial charge on any atom is -0.394 e. The maximum absolute atomic E-state index is 12.6. The molecule has 0 rings (SSSR count). The van der Waals surface area contributed by atoms with Gasteiger partial charge in [0.2, 0.25) is 5.91 Å². The summed E-state index contributed by atoms with van der Waals surface area (Å²) in [5.74, 6) is -0.0299. The summed E-state index contributed by atoms with van der Waals surface area (Å²) in [6, 6.07) is -0.543. The van der Waals surface area contributed by atoms with Crippen LogP contribution in [0.3, 0.4) is 0 Å². The first-order valence-electron chi connectivity index (χ1n) is 34.9. The predicted octanol–water partition coefficient (Wildman–Crippen LogP) is 24.0. The molecule has 0 radical (unpaired) electrons. The van der Waals surface area contributed by atoms with Crippen LogP contribution in [0.5, 0.6) is 0 Å². The number of aliphatic hydroxyl groups excluding tert-OH is 2. The number of aliphatic hydroxyl groups is 2. The van der Waals surface area contributed by atoms with E-state index < -0.39 is 12.1 Å². The van der Waals surface area contributed by atoms with Crippen LogP contribution in [0.1, 0.15) is 354 Å². The van der Waals surface area contributed by atoms with Crippen LogP contribution in [-0.2, 0) is 4.79 Å². The molecule has 4 nitrogen and oxygen atoms in total. The summed E-state index contributed by atoms with van der Waals surface area (Å²) in [4.78, 5) is 12.6. The van der Waals surface area contributed by atoms with Gasteiger partial charge in [-0.25, -0.2) is 0 Å². The van der Waals surface area contributed by atoms with Crippen molar-refractivity contribution in [2.45, 2.75) is 366 Å². The van der Waals surface area contributed by atoms with Gasteiger partial charge in [0.1, 0.15) is 0 Å². The third-order valence-corrected chi connectivity index (χ3v) is 15.9. The van der Waals surface area contributed by atoms with Crippen molar-refractivity contribution >= 4 is 5.91 Å². The zero-order valence-electron chi connectivity index (χ0n) is 52.9. The lowest BCUT2D eigenvalue weighted by molar-refractivity contribution is -0.123. The van der Waals surface area contributed by atoms with Gasteiger partial charge in [-0.2, -0.15) is 0 Å². The standard InChI is InChI=1S/C75H135NO3/c1-3-5-7-9-11-13-15-17-19-21-23-25-27-29-31-33-34-35-36-37-38-39-40-41-42-43-45-47-49-51-53-55-57-59-61-63-65-67-69-71-75(79)76-73(72-77)74(78)70-68-66-64-62-60-58-56-54-52-50-48-46-44-32-30-28-26-24-22-20-18-16-14-12-10-8-6-4-2/h5,7,11,13,17,19,23,25,29,31,34-35,37-38,40-41,73-74,77-78H,3-4,6,8-10,12,14-16,18,20-22,24,26-28,30,32-33,36,39,42-72H2,1-2H3,(H,76,79)/b7-5-,13-11-,19-17-,25-23-,31-29-,35-34-,38-37-,41-40-. The van der Waals surface area contributed by atoms with Gasteiger partial charge in [0.05, 0.1) is 18.8 Å². The van der Waals surface area contributed by atoms with Crippen molar-refractivity contribution in [3.63, 3.8) is 0 Å². The van der Waals surface area contributed by atoms with E-state index in [9.17, 15) is 15.0 Å². The Kier molecular flexibility index (Phi) is 67.2. The Labute approximate surface area is 494 Å². The maximum Gasteiger partial charge on any atom is 0.220 e. The minimum atomic E-state index is -0.666. The Morgan fingerprint density at radius 3 is 0.835 bits per heavy atom. The lowest BCUT2D eigenvalue weighted by Crippen LogP contribution is -2.45. The number of hydrogen-bond donors (Lipinski definition) is 3. The van der Waals surface area contributed by atoms with Crippen molar-refractivity contribution < 1.29 is 15.0 Å². The van der Waals surface area contributed by atoms with Crippen molar-refractivity contribution in [2.24, 2.45) is 0 Å². The Morgan fingerprint density at radius 2 is 0.557 bits per heavy atom. The molecule has 0 aliphatic carbocycles. The van der Waals surface area contributed by atoms with Crippen molar-refractivity contribution in [3.05, 3.63) is 97.2 Å². The Bertz CT molecular complexity index is 1430. The van der Waals surface area contributed by atoms with Gasteiger partial charge < -0.3 is 15.5 Å². The van der Waals surface area contributed by atoms with Crippen LogP contribution in [-0.4, -0.2) is 34.9 Å². The smallest absolute Gasteiger partial charge is 0.220 e. The molecule has 0 aliphatic rings.